The third-order valence-electron chi connectivity index (χ3n) is 3.47. The molecule has 1 aromatic heterocycles. The van der Waals surface area contributed by atoms with Crippen LogP contribution < -0.4 is 10.2 Å². The number of ether oxygens (including phenoxy) is 1. The number of carbonyl (C=O) groups excluding carboxylic acids is 2. The number of halogens is 2. The molecular weight excluding hydrogens is 407 g/mol. The summed E-state index contributed by atoms with van der Waals surface area (Å²) in [6, 6.07) is 4.13. The predicted molar refractivity (Wildman–Crippen MR) is 104 cm³/mol. The summed E-state index contributed by atoms with van der Waals surface area (Å²) in [5.74, 6) is -1.83. The number of benzene rings is 1. The van der Waals surface area contributed by atoms with E-state index < -0.39 is 39.8 Å². The lowest BCUT2D eigenvalue weighted by Crippen LogP contribution is -2.35. The number of hydrogen-bond acceptors (Lipinski definition) is 6. The van der Waals surface area contributed by atoms with Crippen molar-refractivity contribution >= 4 is 40.8 Å². The van der Waals surface area contributed by atoms with E-state index in [1.807, 2.05) is 0 Å². The number of nitrogens with zero attached hydrogens (tertiary/aromatic N) is 3. The van der Waals surface area contributed by atoms with E-state index >= 15 is 0 Å². The zero-order chi connectivity index (χ0) is 21.9. The molecule has 0 aliphatic carbocycles. The van der Waals surface area contributed by atoms with Gasteiger partial charge in [-0.2, -0.15) is 0 Å². The largest absolute Gasteiger partial charge is 0.443 e. The van der Waals surface area contributed by atoms with Crippen LogP contribution >= 0.6 is 11.6 Å². The van der Waals surface area contributed by atoms with Crippen molar-refractivity contribution in [2.24, 2.45) is 0 Å². The molecule has 0 bridgehead atoms. The summed E-state index contributed by atoms with van der Waals surface area (Å²) in [5.41, 5.74) is -1.94. The molecule has 0 aliphatic heterocycles. The quantitative estimate of drug-likeness (QED) is 0.580. The molecule has 0 aliphatic rings. The van der Waals surface area contributed by atoms with Gasteiger partial charge in [-0.25, -0.2) is 19.1 Å². The Bertz CT molecular complexity index is 977. The number of anilines is 2. The van der Waals surface area contributed by atoms with Crippen LogP contribution in [0.25, 0.3) is 0 Å². The molecule has 0 spiro atoms. The van der Waals surface area contributed by atoms with E-state index in [0.29, 0.717) is 4.90 Å². The monoisotopic (exact) mass is 424 g/mol. The van der Waals surface area contributed by atoms with Gasteiger partial charge in [0.15, 0.2) is 0 Å². The van der Waals surface area contributed by atoms with Crippen LogP contribution in [0.3, 0.4) is 0 Å². The molecule has 2 aromatic rings. The van der Waals surface area contributed by atoms with Gasteiger partial charge < -0.3 is 10.1 Å². The van der Waals surface area contributed by atoms with E-state index in [1.54, 1.807) is 20.8 Å². The molecule has 0 radical (unpaired) electrons. The molecule has 9 nitrogen and oxygen atoms in total. The maximum atomic E-state index is 13.9. The van der Waals surface area contributed by atoms with Gasteiger partial charge in [0.05, 0.1) is 21.2 Å². The van der Waals surface area contributed by atoms with Crippen molar-refractivity contribution < 1.29 is 23.6 Å². The molecule has 0 saturated heterocycles. The Hall–Kier alpha value is -3.27. The summed E-state index contributed by atoms with van der Waals surface area (Å²) < 4.78 is 19.2. The first-order chi connectivity index (χ1) is 13.4. The molecule has 1 heterocycles. The van der Waals surface area contributed by atoms with E-state index in [9.17, 15) is 24.1 Å². The summed E-state index contributed by atoms with van der Waals surface area (Å²) in [6.07, 6.45) is -0.0144. The van der Waals surface area contributed by atoms with Crippen LogP contribution in [-0.2, 0) is 4.74 Å². The van der Waals surface area contributed by atoms with Crippen molar-refractivity contribution in [2.45, 2.75) is 26.4 Å². The van der Waals surface area contributed by atoms with Crippen LogP contribution in [0.1, 0.15) is 31.1 Å². The second-order valence-corrected chi connectivity index (χ2v) is 7.22. The topological polar surface area (TPSA) is 115 Å². The van der Waals surface area contributed by atoms with Crippen molar-refractivity contribution in [3.8, 4) is 0 Å². The van der Waals surface area contributed by atoms with Gasteiger partial charge >= 0.3 is 11.8 Å². The van der Waals surface area contributed by atoms with Gasteiger partial charge in [0, 0.05) is 19.3 Å². The van der Waals surface area contributed by atoms with Crippen molar-refractivity contribution in [2.75, 3.05) is 11.9 Å². The number of pyridine rings is 1. The van der Waals surface area contributed by atoms with Crippen molar-refractivity contribution in [3.05, 3.63) is 57.0 Å². The van der Waals surface area contributed by atoms with Crippen LogP contribution in [0.5, 0.6) is 0 Å². The van der Waals surface area contributed by atoms with Gasteiger partial charge in [-0.3, -0.25) is 14.9 Å². The average Bonchev–Trinajstić information content (AvgIpc) is 2.62. The fourth-order valence-corrected chi connectivity index (χ4v) is 2.49. The first-order valence-electron chi connectivity index (χ1n) is 8.29. The number of nitrogens with one attached hydrogen (secondary N) is 1. The number of rotatable bonds is 4. The molecule has 0 unspecified atom stereocenters. The van der Waals surface area contributed by atoms with Crippen LogP contribution in [0, 0.1) is 15.9 Å². The fraction of sp³-hybridized carbons (Fsp3) is 0.278. The summed E-state index contributed by atoms with van der Waals surface area (Å²) >= 11 is 6.11. The van der Waals surface area contributed by atoms with E-state index in [1.165, 1.54) is 13.1 Å². The Balaban J connectivity index is 2.74. The van der Waals surface area contributed by atoms with E-state index in [0.717, 1.165) is 24.4 Å². The zero-order valence-electron chi connectivity index (χ0n) is 16.0. The van der Waals surface area contributed by atoms with Crippen LogP contribution in [0.2, 0.25) is 5.02 Å². The molecule has 0 atom stereocenters. The third-order valence-corrected chi connectivity index (χ3v) is 3.79. The van der Waals surface area contributed by atoms with E-state index in [4.69, 9.17) is 16.3 Å². The Morgan fingerprint density at radius 3 is 2.52 bits per heavy atom. The molecule has 1 N–H and O–H groups in total. The van der Waals surface area contributed by atoms with Gasteiger partial charge in [0.1, 0.15) is 11.4 Å². The second kappa shape index (κ2) is 8.39. The lowest BCUT2D eigenvalue weighted by Gasteiger charge is -2.27. The Morgan fingerprint density at radius 2 is 1.97 bits per heavy atom. The van der Waals surface area contributed by atoms with Gasteiger partial charge in [0.25, 0.3) is 5.91 Å². The first-order valence-corrected chi connectivity index (χ1v) is 8.67. The maximum Gasteiger partial charge on any atom is 0.420 e. The van der Waals surface area contributed by atoms with Gasteiger partial charge in [-0.15, -0.1) is 0 Å². The summed E-state index contributed by atoms with van der Waals surface area (Å²) in [6.45, 7) is 4.77. The summed E-state index contributed by atoms with van der Waals surface area (Å²) in [4.78, 5) is 40.1. The van der Waals surface area contributed by atoms with Gasteiger partial charge in [0.2, 0.25) is 5.82 Å². The minimum Gasteiger partial charge on any atom is -0.443 e. The molecule has 2 rings (SSSR count). The number of aromatic nitrogens is 1. The molecule has 0 saturated carbocycles. The molecule has 29 heavy (non-hydrogen) atoms. The van der Waals surface area contributed by atoms with Crippen molar-refractivity contribution in [1.29, 1.82) is 0 Å². The average molecular weight is 425 g/mol. The molecule has 154 valence electrons. The predicted octanol–water partition coefficient (Wildman–Crippen LogP) is 4.22. The highest BCUT2D eigenvalue weighted by Crippen LogP contribution is 2.37. The van der Waals surface area contributed by atoms with Gasteiger partial charge in [-0.1, -0.05) is 11.6 Å². The highest BCUT2D eigenvalue weighted by atomic mass is 35.5. The van der Waals surface area contributed by atoms with Crippen LogP contribution in [-0.4, -0.2) is 34.6 Å². The SMILES string of the molecule is CNC(=O)c1cnc(N(C(=O)OC(C)(C)C)c2cc(F)ccc2Cl)c([N+](=O)[O-])c1. The number of hydrogen-bond donors (Lipinski definition) is 1. The van der Waals surface area contributed by atoms with Crippen molar-refractivity contribution in [1.82, 2.24) is 10.3 Å². The number of nitro groups is 1. The summed E-state index contributed by atoms with van der Waals surface area (Å²) in [7, 11) is 1.35. The molecule has 1 aromatic carbocycles. The van der Waals surface area contributed by atoms with Crippen molar-refractivity contribution in [3.63, 3.8) is 0 Å². The van der Waals surface area contributed by atoms with E-state index in [-0.39, 0.29) is 16.3 Å². The Morgan fingerprint density at radius 1 is 1.31 bits per heavy atom. The first kappa shape index (κ1) is 22.0. The second-order valence-electron chi connectivity index (χ2n) is 6.81. The molecule has 2 amide bonds. The Labute approximate surface area is 170 Å². The molecule has 0 fully saturated rings. The Kier molecular flexibility index (Phi) is 6.38. The number of amides is 2. The highest BCUT2D eigenvalue weighted by Gasteiger charge is 2.33. The smallest absolute Gasteiger partial charge is 0.420 e. The molecular formula is C18H18ClFN4O5. The standard InChI is InChI=1S/C18H18ClFN4O5/c1-18(2,3)29-17(26)23(13-8-11(20)5-6-12(13)19)15-14(24(27)28)7-10(9-22-15)16(25)21-4/h5-9H,1-4H3,(H,21,25). The third kappa shape index (κ3) is 5.17. The van der Waals surface area contributed by atoms with Crippen LogP contribution in [0.15, 0.2) is 30.5 Å². The van der Waals surface area contributed by atoms with Crippen LogP contribution in [0.4, 0.5) is 26.4 Å². The minimum absolute atomic E-state index is 0.0660. The lowest BCUT2D eigenvalue weighted by atomic mass is 10.2. The molecule has 11 heteroatoms. The fourth-order valence-electron chi connectivity index (χ4n) is 2.28. The minimum atomic E-state index is -1.06. The lowest BCUT2D eigenvalue weighted by molar-refractivity contribution is -0.384. The normalized spacial score (nSPS) is 11.0. The number of carbonyl (C=O) groups is 2. The van der Waals surface area contributed by atoms with Gasteiger partial charge in [-0.05, 0) is 39.0 Å². The zero-order valence-corrected chi connectivity index (χ0v) is 16.8. The summed E-state index contributed by atoms with van der Waals surface area (Å²) in [5, 5.41) is 13.9. The highest BCUT2D eigenvalue weighted by molar-refractivity contribution is 6.34. The van der Waals surface area contributed by atoms with E-state index in [2.05, 4.69) is 10.3 Å². The maximum absolute atomic E-state index is 13.9.